The molecule has 4 aromatic carbocycles. The summed E-state index contributed by atoms with van der Waals surface area (Å²) in [6, 6.07) is 25.5. The first-order valence-corrected chi connectivity index (χ1v) is 16.2. The summed E-state index contributed by atoms with van der Waals surface area (Å²) in [7, 11) is 0. The number of phenolic OH excluding ortho intramolecular Hbond substituents is 2. The maximum absolute atomic E-state index is 10.7. The minimum Gasteiger partial charge on any atom is -0.508 e. The Hall–Kier alpha value is -3.68. The Morgan fingerprint density at radius 3 is 1.11 bits per heavy atom. The standard InChI is InChI=1S/C39H40O6/c1-39(2,25-7-3-23(4-8-25)31-11-13-37(40)35(17-29-21-44-29)33(31)15-27-19-42-27)26-9-5-24(6-10-26)32-12-14-38(41)36(18-30-22-45-30)34(32)16-28-20-43-28/h3-14,27-30,40-41H,15-22H2,1-2H3. The maximum atomic E-state index is 10.7. The van der Waals surface area contributed by atoms with Crippen LogP contribution in [0.15, 0.2) is 72.8 Å². The molecule has 232 valence electrons. The Balaban J connectivity index is 1.07. The molecule has 4 saturated heterocycles. The largest absolute Gasteiger partial charge is 0.508 e. The SMILES string of the molecule is CC(C)(c1ccc(-c2ccc(O)c(CC3CO3)c2CC2CO2)cc1)c1ccc(-c2ccc(O)c(CC3CO3)c2CC2CO2)cc1. The third kappa shape index (κ3) is 6.12. The molecule has 4 atom stereocenters. The second-order valence-corrected chi connectivity index (χ2v) is 13.6. The van der Waals surface area contributed by atoms with Crippen LogP contribution in [0.3, 0.4) is 0 Å². The highest BCUT2D eigenvalue weighted by Gasteiger charge is 2.32. The molecule has 8 rings (SSSR count). The van der Waals surface area contributed by atoms with Gasteiger partial charge in [-0.25, -0.2) is 0 Å². The molecule has 4 aliphatic rings. The van der Waals surface area contributed by atoms with Crippen molar-refractivity contribution in [2.45, 2.75) is 69.4 Å². The molecular weight excluding hydrogens is 564 g/mol. The molecule has 4 unspecified atom stereocenters. The van der Waals surface area contributed by atoms with E-state index in [4.69, 9.17) is 18.9 Å². The summed E-state index contributed by atoms with van der Waals surface area (Å²) >= 11 is 0. The molecule has 0 spiro atoms. The van der Waals surface area contributed by atoms with Gasteiger partial charge in [0.15, 0.2) is 0 Å². The summed E-state index contributed by atoms with van der Waals surface area (Å²) in [5.41, 5.74) is 11.2. The summed E-state index contributed by atoms with van der Waals surface area (Å²) in [6.45, 7) is 7.61. The number of benzene rings is 4. The normalized spacial score (nSPS) is 23.2. The van der Waals surface area contributed by atoms with Gasteiger partial charge in [0, 0.05) is 42.2 Å². The van der Waals surface area contributed by atoms with E-state index in [1.54, 1.807) is 0 Å². The smallest absolute Gasteiger partial charge is 0.119 e. The minimum absolute atomic E-state index is 0.201. The number of epoxide rings is 4. The lowest BCUT2D eigenvalue weighted by molar-refractivity contribution is 0.396. The molecule has 4 aromatic rings. The third-order valence-electron chi connectivity index (χ3n) is 9.98. The molecule has 0 radical (unpaired) electrons. The van der Waals surface area contributed by atoms with Crippen LogP contribution >= 0.6 is 0 Å². The molecule has 6 heteroatoms. The van der Waals surface area contributed by atoms with Crippen molar-refractivity contribution >= 4 is 0 Å². The average molecular weight is 605 g/mol. The molecule has 4 fully saturated rings. The van der Waals surface area contributed by atoms with E-state index in [0.717, 1.165) is 85.5 Å². The van der Waals surface area contributed by atoms with Gasteiger partial charge >= 0.3 is 0 Å². The van der Waals surface area contributed by atoms with Crippen LogP contribution in [0.2, 0.25) is 0 Å². The fourth-order valence-corrected chi connectivity index (χ4v) is 6.78. The predicted molar refractivity (Wildman–Crippen MR) is 173 cm³/mol. The number of ether oxygens (including phenoxy) is 4. The zero-order valence-electron chi connectivity index (χ0n) is 25.9. The van der Waals surface area contributed by atoms with Crippen molar-refractivity contribution in [1.29, 1.82) is 0 Å². The van der Waals surface area contributed by atoms with Gasteiger partial charge in [-0.15, -0.1) is 0 Å². The average Bonchev–Trinajstić information content (AvgIpc) is 3.85. The molecular formula is C39H40O6. The van der Waals surface area contributed by atoms with E-state index in [2.05, 4.69) is 62.4 Å². The first-order chi connectivity index (χ1) is 21.8. The Morgan fingerprint density at radius 2 is 0.800 bits per heavy atom. The lowest BCUT2D eigenvalue weighted by Gasteiger charge is -2.27. The van der Waals surface area contributed by atoms with Crippen LogP contribution in [-0.2, 0) is 50.0 Å². The van der Waals surface area contributed by atoms with Gasteiger partial charge in [-0.05, 0) is 56.6 Å². The van der Waals surface area contributed by atoms with E-state index in [9.17, 15) is 10.2 Å². The monoisotopic (exact) mass is 604 g/mol. The van der Waals surface area contributed by atoms with Gasteiger partial charge in [0.25, 0.3) is 0 Å². The number of phenols is 2. The summed E-state index contributed by atoms with van der Waals surface area (Å²) < 4.78 is 22.2. The Morgan fingerprint density at radius 1 is 0.489 bits per heavy atom. The number of hydrogen-bond acceptors (Lipinski definition) is 6. The number of rotatable bonds is 12. The summed E-state index contributed by atoms with van der Waals surface area (Å²) in [5, 5.41) is 21.5. The summed E-state index contributed by atoms with van der Waals surface area (Å²) in [6.07, 6.45) is 3.93. The molecule has 45 heavy (non-hydrogen) atoms. The zero-order chi connectivity index (χ0) is 30.7. The number of hydrogen-bond donors (Lipinski definition) is 2. The van der Waals surface area contributed by atoms with Crippen LogP contribution in [0.25, 0.3) is 22.3 Å². The fourth-order valence-electron chi connectivity index (χ4n) is 6.78. The highest BCUT2D eigenvalue weighted by Crippen LogP contribution is 2.40. The maximum Gasteiger partial charge on any atom is 0.119 e. The van der Waals surface area contributed by atoms with Gasteiger partial charge in [0.2, 0.25) is 0 Å². The quantitative estimate of drug-likeness (QED) is 0.179. The van der Waals surface area contributed by atoms with Crippen molar-refractivity contribution in [2.75, 3.05) is 26.4 Å². The molecule has 0 aromatic heterocycles. The van der Waals surface area contributed by atoms with Crippen LogP contribution in [0.5, 0.6) is 11.5 Å². The molecule has 4 aliphatic heterocycles. The van der Waals surface area contributed by atoms with Crippen molar-refractivity contribution in [3.63, 3.8) is 0 Å². The van der Waals surface area contributed by atoms with Crippen LogP contribution in [0.4, 0.5) is 0 Å². The van der Waals surface area contributed by atoms with Gasteiger partial charge in [0.05, 0.1) is 50.8 Å². The van der Waals surface area contributed by atoms with Gasteiger partial charge in [-0.2, -0.15) is 0 Å². The topological polar surface area (TPSA) is 90.6 Å². The van der Waals surface area contributed by atoms with Crippen molar-refractivity contribution in [3.05, 3.63) is 106 Å². The second-order valence-electron chi connectivity index (χ2n) is 13.6. The van der Waals surface area contributed by atoms with E-state index in [-0.39, 0.29) is 29.8 Å². The van der Waals surface area contributed by atoms with Crippen molar-refractivity contribution in [2.24, 2.45) is 0 Å². The van der Waals surface area contributed by atoms with Gasteiger partial charge in [-0.1, -0.05) is 74.5 Å². The van der Waals surface area contributed by atoms with Crippen LogP contribution < -0.4 is 0 Å². The molecule has 4 heterocycles. The molecule has 0 aliphatic carbocycles. The van der Waals surface area contributed by atoms with Crippen molar-refractivity contribution in [1.82, 2.24) is 0 Å². The van der Waals surface area contributed by atoms with Crippen LogP contribution in [0.1, 0.15) is 47.2 Å². The van der Waals surface area contributed by atoms with Gasteiger partial charge in [0.1, 0.15) is 11.5 Å². The fraction of sp³-hybridized carbons (Fsp3) is 0.385. The highest BCUT2D eigenvalue weighted by atomic mass is 16.6. The van der Waals surface area contributed by atoms with E-state index >= 15 is 0 Å². The van der Waals surface area contributed by atoms with Crippen molar-refractivity contribution < 1.29 is 29.2 Å². The lowest BCUT2D eigenvalue weighted by Crippen LogP contribution is -2.18. The third-order valence-corrected chi connectivity index (χ3v) is 9.98. The first kappa shape index (κ1) is 28.8. The van der Waals surface area contributed by atoms with Crippen molar-refractivity contribution in [3.8, 4) is 33.8 Å². The molecule has 2 N–H and O–H groups in total. The summed E-state index contributed by atoms with van der Waals surface area (Å²) in [4.78, 5) is 0. The van der Waals surface area contributed by atoms with Gasteiger partial charge < -0.3 is 29.2 Å². The molecule has 0 amide bonds. The Kier molecular flexibility index (Phi) is 7.22. The zero-order valence-corrected chi connectivity index (χ0v) is 25.9. The molecule has 0 saturated carbocycles. The van der Waals surface area contributed by atoms with Crippen LogP contribution in [-0.4, -0.2) is 61.1 Å². The second kappa shape index (κ2) is 11.3. The van der Waals surface area contributed by atoms with Crippen LogP contribution in [0, 0.1) is 0 Å². The molecule has 6 nitrogen and oxygen atoms in total. The van der Waals surface area contributed by atoms with E-state index in [1.165, 1.54) is 22.3 Å². The van der Waals surface area contributed by atoms with E-state index in [1.807, 2.05) is 24.3 Å². The van der Waals surface area contributed by atoms with E-state index < -0.39 is 0 Å². The summed E-state index contributed by atoms with van der Waals surface area (Å²) in [5.74, 6) is 0.694. The molecule has 0 bridgehead atoms. The van der Waals surface area contributed by atoms with E-state index in [0.29, 0.717) is 11.5 Å². The Labute approximate surface area is 264 Å². The van der Waals surface area contributed by atoms with Gasteiger partial charge in [-0.3, -0.25) is 0 Å². The highest BCUT2D eigenvalue weighted by molar-refractivity contribution is 5.73. The number of aromatic hydroxyl groups is 2. The lowest BCUT2D eigenvalue weighted by atomic mass is 9.77. The minimum atomic E-state index is -0.209. The first-order valence-electron chi connectivity index (χ1n) is 16.2. The predicted octanol–water partition coefficient (Wildman–Crippen LogP) is 6.52. The Bertz CT molecular complexity index is 1580.